The summed E-state index contributed by atoms with van der Waals surface area (Å²) in [6, 6.07) is 2.11. The van der Waals surface area contributed by atoms with Crippen LogP contribution in [-0.4, -0.2) is 78.5 Å². The van der Waals surface area contributed by atoms with E-state index in [1.165, 1.54) is 0 Å². The van der Waals surface area contributed by atoms with Gasteiger partial charge in [0.05, 0.1) is 31.4 Å². The molecular formula is C19H32N4O3. The molecule has 3 rings (SSSR count). The van der Waals surface area contributed by atoms with Crippen molar-refractivity contribution in [2.45, 2.75) is 39.3 Å². The molecule has 2 aliphatic heterocycles. The monoisotopic (exact) mass is 364 g/mol. The van der Waals surface area contributed by atoms with Crippen LogP contribution in [0.5, 0.6) is 0 Å². The van der Waals surface area contributed by atoms with Crippen molar-refractivity contribution in [1.29, 1.82) is 0 Å². The van der Waals surface area contributed by atoms with E-state index in [0.717, 1.165) is 50.6 Å². The molecule has 0 unspecified atom stereocenters. The summed E-state index contributed by atoms with van der Waals surface area (Å²) in [4.78, 5) is 16.9. The summed E-state index contributed by atoms with van der Waals surface area (Å²) in [7, 11) is 1.67. The zero-order valence-corrected chi connectivity index (χ0v) is 16.2. The average Bonchev–Trinajstić information content (AvgIpc) is 3.21. The maximum absolute atomic E-state index is 12.6. The van der Waals surface area contributed by atoms with Gasteiger partial charge < -0.3 is 14.4 Å². The van der Waals surface area contributed by atoms with E-state index in [9.17, 15) is 4.79 Å². The van der Waals surface area contributed by atoms with Crippen molar-refractivity contribution in [3.63, 3.8) is 0 Å². The largest absolute Gasteiger partial charge is 0.383 e. The summed E-state index contributed by atoms with van der Waals surface area (Å²) >= 11 is 0. The van der Waals surface area contributed by atoms with Crippen molar-refractivity contribution >= 4 is 5.91 Å². The summed E-state index contributed by atoms with van der Waals surface area (Å²) in [5.41, 5.74) is 2.20. The number of aryl methyl sites for hydroxylation is 1. The number of fused-ring (bicyclic) bond motifs is 1. The number of carbonyl (C=O) groups is 1. The Labute approximate surface area is 156 Å². The molecule has 146 valence electrons. The second-order valence-electron chi connectivity index (χ2n) is 7.53. The van der Waals surface area contributed by atoms with Gasteiger partial charge >= 0.3 is 0 Å². The SMILES string of the molecule is CCN(CCOC)C(=O)C[C@@H]1OC[C@H]2CN(Cc3cc(C)[nH]n3)CC[C@H]21. The lowest BCUT2D eigenvalue weighted by atomic mass is 9.83. The van der Waals surface area contributed by atoms with E-state index in [1.54, 1.807) is 7.11 Å². The first kappa shape index (κ1) is 19.3. The van der Waals surface area contributed by atoms with E-state index in [0.29, 0.717) is 31.4 Å². The number of aromatic amines is 1. The van der Waals surface area contributed by atoms with Crippen molar-refractivity contribution in [2.75, 3.05) is 46.5 Å². The summed E-state index contributed by atoms with van der Waals surface area (Å²) in [5, 5.41) is 7.36. The molecule has 7 nitrogen and oxygen atoms in total. The van der Waals surface area contributed by atoms with Crippen LogP contribution in [0.3, 0.4) is 0 Å². The molecule has 0 saturated carbocycles. The minimum atomic E-state index is 0.0684. The minimum absolute atomic E-state index is 0.0684. The number of likely N-dealkylation sites (tertiary alicyclic amines) is 1. The standard InChI is InChI=1S/C19H32N4O3/c1-4-23(7-8-25-3)19(24)10-18-17-5-6-22(11-15(17)13-26-18)12-16-9-14(2)20-21-16/h9,15,17-18H,4-8,10-13H2,1-3H3,(H,20,21)/t15-,17-,18+/m1/s1. The molecular weight excluding hydrogens is 332 g/mol. The smallest absolute Gasteiger partial charge is 0.225 e. The van der Waals surface area contributed by atoms with Gasteiger partial charge in [0, 0.05) is 44.9 Å². The molecule has 1 amide bonds. The Bertz CT molecular complexity index is 591. The molecule has 0 radical (unpaired) electrons. The molecule has 2 fully saturated rings. The van der Waals surface area contributed by atoms with Crippen molar-refractivity contribution in [1.82, 2.24) is 20.0 Å². The van der Waals surface area contributed by atoms with Gasteiger partial charge in [0.25, 0.3) is 0 Å². The van der Waals surface area contributed by atoms with Gasteiger partial charge in [-0.3, -0.25) is 14.8 Å². The number of amides is 1. The van der Waals surface area contributed by atoms with Crippen molar-refractivity contribution in [3.05, 3.63) is 17.5 Å². The Kier molecular flexibility index (Phi) is 6.67. The third kappa shape index (κ3) is 4.64. The molecule has 2 aliphatic rings. The molecule has 1 aromatic rings. The summed E-state index contributed by atoms with van der Waals surface area (Å²) in [5.74, 6) is 1.21. The first-order valence-corrected chi connectivity index (χ1v) is 9.72. The Morgan fingerprint density at radius 3 is 3.08 bits per heavy atom. The second-order valence-corrected chi connectivity index (χ2v) is 7.53. The molecule has 0 aliphatic carbocycles. The summed E-state index contributed by atoms with van der Waals surface area (Å²) < 4.78 is 11.1. The number of carbonyl (C=O) groups excluding carboxylic acids is 1. The van der Waals surface area contributed by atoms with Crippen LogP contribution in [0.4, 0.5) is 0 Å². The van der Waals surface area contributed by atoms with Gasteiger partial charge in [0.2, 0.25) is 5.91 Å². The minimum Gasteiger partial charge on any atom is -0.383 e. The molecule has 0 bridgehead atoms. The van der Waals surface area contributed by atoms with E-state index < -0.39 is 0 Å². The van der Waals surface area contributed by atoms with Crippen LogP contribution in [-0.2, 0) is 20.8 Å². The predicted octanol–water partition coefficient (Wildman–Crippen LogP) is 1.44. The Balaban J connectivity index is 1.49. The average molecular weight is 364 g/mol. The molecule has 1 N–H and O–H groups in total. The van der Waals surface area contributed by atoms with Crippen LogP contribution >= 0.6 is 0 Å². The number of nitrogens with zero attached hydrogens (tertiary/aromatic N) is 3. The van der Waals surface area contributed by atoms with Crippen molar-refractivity contribution in [3.8, 4) is 0 Å². The predicted molar refractivity (Wildman–Crippen MR) is 98.7 cm³/mol. The first-order chi connectivity index (χ1) is 12.6. The number of aromatic nitrogens is 2. The Hall–Kier alpha value is -1.44. The second kappa shape index (κ2) is 8.97. The number of piperidine rings is 1. The van der Waals surface area contributed by atoms with Crippen LogP contribution in [0.1, 0.15) is 31.2 Å². The normalized spacial score (nSPS) is 26.0. The van der Waals surface area contributed by atoms with Crippen LogP contribution in [0.25, 0.3) is 0 Å². The highest BCUT2D eigenvalue weighted by molar-refractivity contribution is 5.76. The highest BCUT2D eigenvalue weighted by Crippen LogP contribution is 2.36. The summed E-state index contributed by atoms with van der Waals surface area (Å²) in [6.07, 6.45) is 1.66. The van der Waals surface area contributed by atoms with Gasteiger partial charge in [0.1, 0.15) is 0 Å². The molecule has 0 aromatic carbocycles. The van der Waals surface area contributed by atoms with Gasteiger partial charge in [-0.05, 0) is 38.8 Å². The number of rotatable bonds is 8. The van der Waals surface area contributed by atoms with Crippen LogP contribution in [0, 0.1) is 18.8 Å². The molecule has 0 spiro atoms. The maximum atomic E-state index is 12.6. The number of H-pyrrole nitrogens is 1. The summed E-state index contributed by atoms with van der Waals surface area (Å²) in [6.45, 7) is 9.73. The lowest BCUT2D eigenvalue weighted by molar-refractivity contribution is -0.134. The number of hydrogen-bond acceptors (Lipinski definition) is 5. The number of likely N-dealkylation sites (N-methyl/N-ethyl adjacent to an activating group) is 1. The molecule has 2 saturated heterocycles. The highest BCUT2D eigenvalue weighted by atomic mass is 16.5. The maximum Gasteiger partial charge on any atom is 0.225 e. The van der Waals surface area contributed by atoms with E-state index in [1.807, 2.05) is 18.7 Å². The molecule has 3 heterocycles. The molecule has 3 atom stereocenters. The zero-order chi connectivity index (χ0) is 18.5. The number of hydrogen-bond donors (Lipinski definition) is 1. The van der Waals surface area contributed by atoms with E-state index in [2.05, 4.69) is 21.2 Å². The van der Waals surface area contributed by atoms with E-state index >= 15 is 0 Å². The van der Waals surface area contributed by atoms with Gasteiger partial charge in [-0.15, -0.1) is 0 Å². The van der Waals surface area contributed by atoms with Gasteiger partial charge in [-0.2, -0.15) is 5.10 Å². The number of nitrogens with one attached hydrogen (secondary N) is 1. The van der Waals surface area contributed by atoms with Gasteiger partial charge in [0.15, 0.2) is 0 Å². The fourth-order valence-corrected chi connectivity index (χ4v) is 4.26. The van der Waals surface area contributed by atoms with Crippen molar-refractivity contribution < 1.29 is 14.3 Å². The van der Waals surface area contributed by atoms with E-state index in [4.69, 9.17) is 9.47 Å². The number of methoxy groups -OCH3 is 1. The molecule has 1 aromatic heterocycles. The van der Waals surface area contributed by atoms with Crippen LogP contribution in [0.2, 0.25) is 0 Å². The topological polar surface area (TPSA) is 70.7 Å². The van der Waals surface area contributed by atoms with Gasteiger partial charge in [-0.1, -0.05) is 0 Å². The fourth-order valence-electron chi connectivity index (χ4n) is 4.26. The Morgan fingerprint density at radius 2 is 2.38 bits per heavy atom. The molecule has 7 heteroatoms. The van der Waals surface area contributed by atoms with Crippen molar-refractivity contribution in [2.24, 2.45) is 11.8 Å². The lowest BCUT2D eigenvalue weighted by Crippen LogP contribution is -2.42. The quantitative estimate of drug-likeness (QED) is 0.756. The first-order valence-electron chi connectivity index (χ1n) is 9.72. The zero-order valence-electron chi connectivity index (χ0n) is 16.2. The van der Waals surface area contributed by atoms with Crippen LogP contribution in [0.15, 0.2) is 6.07 Å². The van der Waals surface area contributed by atoms with Crippen LogP contribution < -0.4 is 0 Å². The molecule has 26 heavy (non-hydrogen) atoms. The Morgan fingerprint density at radius 1 is 1.54 bits per heavy atom. The number of ether oxygens (including phenoxy) is 2. The van der Waals surface area contributed by atoms with Gasteiger partial charge in [-0.25, -0.2) is 0 Å². The lowest BCUT2D eigenvalue weighted by Gasteiger charge is -2.35. The van der Waals surface area contributed by atoms with E-state index in [-0.39, 0.29) is 12.0 Å². The third-order valence-corrected chi connectivity index (χ3v) is 5.70. The third-order valence-electron chi connectivity index (χ3n) is 5.70. The highest BCUT2D eigenvalue weighted by Gasteiger charge is 2.41. The fraction of sp³-hybridized carbons (Fsp3) is 0.789.